The van der Waals surface area contributed by atoms with Crippen molar-refractivity contribution < 1.29 is 18.3 Å². The lowest BCUT2D eigenvalue weighted by atomic mass is 9.98. The molecule has 10 heteroatoms. The number of fused-ring (bicyclic) bond motifs is 1. The van der Waals surface area contributed by atoms with Crippen LogP contribution in [0.2, 0.25) is 0 Å². The molecule has 6 nitrogen and oxygen atoms in total. The lowest BCUT2D eigenvalue weighted by Gasteiger charge is -2.22. The Hall–Kier alpha value is -2.56. The second-order valence-electron chi connectivity index (χ2n) is 8.29. The summed E-state index contributed by atoms with van der Waals surface area (Å²) >= 11 is 1.66. The quantitative estimate of drug-likeness (QED) is 0.511. The van der Waals surface area contributed by atoms with Crippen molar-refractivity contribution in [3.05, 3.63) is 69.4 Å². The average Bonchev–Trinajstić information content (AvgIpc) is 3.33. The number of aromatic nitrogens is 3. The molecule has 0 saturated carbocycles. The van der Waals surface area contributed by atoms with Crippen molar-refractivity contribution in [2.75, 3.05) is 5.75 Å². The van der Waals surface area contributed by atoms with Crippen molar-refractivity contribution in [2.45, 2.75) is 57.5 Å². The lowest BCUT2D eigenvalue weighted by molar-refractivity contribution is -0.137. The lowest BCUT2D eigenvalue weighted by Crippen LogP contribution is -2.29. The number of benzene rings is 1. The van der Waals surface area contributed by atoms with Crippen LogP contribution in [0, 0.1) is 6.92 Å². The van der Waals surface area contributed by atoms with Gasteiger partial charge in [-0.2, -0.15) is 13.2 Å². The van der Waals surface area contributed by atoms with Crippen LogP contribution in [0.1, 0.15) is 48.6 Å². The van der Waals surface area contributed by atoms with Crippen molar-refractivity contribution in [1.29, 1.82) is 0 Å². The summed E-state index contributed by atoms with van der Waals surface area (Å²) in [5, 5.41) is 14.7. The minimum absolute atomic E-state index is 0.0721. The highest BCUT2D eigenvalue weighted by Gasteiger charge is 2.31. The van der Waals surface area contributed by atoms with Crippen LogP contribution in [0.4, 0.5) is 13.2 Å². The van der Waals surface area contributed by atoms with Gasteiger partial charge in [0.25, 0.3) is 0 Å². The third-order valence-corrected chi connectivity index (χ3v) is 6.65. The Morgan fingerprint density at radius 2 is 2.03 bits per heavy atom. The number of hydrogen-bond acceptors (Lipinski definition) is 5. The molecular formula is C23H25F3N4O2S. The van der Waals surface area contributed by atoms with E-state index in [1.54, 1.807) is 29.4 Å². The number of pyridine rings is 1. The Kier molecular flexibility index (Phi) is 6.43. The summed E-state index contributed by atoms with van der Waals surface area (Å²) in [4.78, 5) is 17.9. The Labute approximate surface area is 193 Å². The standard InChI is InChI=1S/C23H25F3N4O2S/c1-13(2)30-12-18(21(32)27-10-17-11-29-7-8-33-22(29)28-17)20(31)19(14(30)3)15-5-4-6-16(9-15)23(24,25)26/h4-6,9,11-13,21,27,32H,7-8,10H2,1-3H3. The number of thioether (sulfide) groups is 1. The molecule has 4 rings (SSSR count). The smallest absolute Gasteiger partial charge is 0.374 e. The molecule has 0 fully saturated rings. The summed E-state index contributed by atoms with van der Waals surface area (Å²) in [7, 11) is 0. The molecule has 33 heavy (non-hydrogen) atoms. The Bertz CT molecular complexity index is 1210. The molecule has 1 unspecified atom stereocenters. The first-order valence-electron chi connectivity index (χ1n) is 10.6. The largest absolute Gasteiger partial charge is 0.416 e. The molecule has 0 saturated heterocycles. The molecule has 3 aromatic rings. The Balaban J connectivity index is 1.71. The molecule has 0 bridgehead atoms. The number of hydrogen-bond donors (Lipinski definition) is 2. The first-order chi connectivity index (χ1) is 15.6. The molecule has 0 spiro atoms. The molecule has 1 aliphatic heterocycles. The first kappa shape index (κ1) is 23.6. The van der Waals surface area contributed by atoms with Gasteiger partial charge in [0.2, 0.25) is 0 Å². The van der Waals surface area contributed by atoms with E-state index < -0.39 is 23.4 Å². The van der Waals surface area contributed by atoms with Gasteiger partial charge in [0.1, 0.15) is 6.23 Å². The summed E-state index contributed by atoms with van der Waals surface area (Å²) in [6.45, 7) is 6.63. The maximum absolute atomic E-state index is 13.4. The fraction of sp³-hybridized carbons (Fsp3) is 0.391. The van der Waals surface area contributed by atoms with E-state index in [4.69, 9.17) is 0 Å². The van der Waals surface area contributed by atoms with Crippen LogP contribution in [0.5, 0.6) is 0 Å². The number of nitrogens with zero attached hydrogens (tertiary/aromatic N) is 3. The van der Waals surface area contributed by atoms with Crippen LogP contribution in [-0.4, -0.2) is 25.0 Å². The van der Waals surface area contributed by atoms with Gasteiger partial charge in [0, 0.05) is 48.5 Å². The van der Waals surface area contributed by atoms with Gasteiger partial charge in [-0.1, -0.05) is 23.9 Å². The van der Waals surface area contributed by atoms with Crippen LogP contribution in [0.3, 0.4) is 0 Å². The van der Waals surface area contributed by atoms with Crippen molar-refractivity contribution in [2.24, 2.45) is 0 Å². The molecule has 0 amide bonds. The third-order valence-electron chi connectivity index (χ3n) is 5.68. The monoisotopic (exact) mass is 478 g/mol. The highest BCUT2D eigenvalue weighted by molar-refractivity contribution is 7.99. The highest BCUT2D eigenvalue weighted by Crippen LogP contribution is 2.33. The van der Waals surface area contributed by atoms with Crippen LogP contribution in [-0.2, 0) is 19.3 Å². The predicted molar refractivity (Wildman–Crippen MR) is 121 cm³/mol. The molecule has 0 radical (unpaired) electrons. The molecule has 1 aliphatic rings. The van der Waals surface area contributed by atoms with E-state index in [1.807, 2.05) is 24.6 Å². The van der Waals surface area contributed by atoms with Gasteiger partial charge < -0.3 is 14.2 Å². The van der Waals surface area contributed by atoms with Gasteiger partial charge in [-0.25, -0.2) is 4.98 Å². The van der Waals surface area contributed by atoms with E-state index in [0.29, 0.717) is 5.69 Å². The maximum Gasteiger partial charge on any atom is 0.416 e. The fourth-order valence-corrected chi connectivity index (χ4v) is 4.99. The molecule has 176 valence electrons. The minimum atomic E-state index is -4.53. The topological polar surface area (TPSA) is 72.1 Å². The Morgan fingerprint density at radius 3 is 2.70 bits per heavy atom. The van der Waals surface area contributed by atoms with Gasteiger partial charge in [0.05, 0.1) is 16.8 Å². The van der Waals surface area contributed by atoms with Crippen molar-refractivity contribution >= 4 is 11.8 Å². The number of rotatable bonds is 6. The summed E-state index contributed by atoms with van der Waals surface area (Å²) < 4.78 is 43.7. The van der Waals surface area contributed by atoms with Crippen molar-refractivity contribution in [3.63, 3.8) is 0 Å². The average molecular weight is 479 g/mol. The van der Waals surface area contributed by atoms with E-state index >= 15 is 0 Å². The number of imidazole rings is 1. The molecule has 1 atom stereocenters. The second-order valence-corrected chi connectivity index (χ2v) is 9.36. The first-order valence-corrected chi connectivity index (χ1v) is 11.6. The van der Waals surface area contributed by atoms with Gasteiger partial charge in [-0.05, 0) is 38.5 Å². The minimum Gasteiger partial charge on any atom is -0.374 e. The van der Waals surface area contributed by atoms with Crippen molar-refractivity contribution in [3.8, 4) is 11.1 Å². The van der Waals surface area contributed by atoms with Crippen LogP contribution < -0.4 is 10.7 Å². The zero-order valence-electron chi connectivity index (χ0n) is 18.5. The number of aryl methyl sites for hydroxylation is 1. The zero-order valence-corrected chi connectivity index (χ0v) is 19.3. The van der Waals surface area contributed by atoms with E-state index in [0.717, 1.165) is 35.3 Å². The van der Waals surface area contributed by atoms with Gasteiger partial charge >= 0.3 is 6.18 Å². The van der Waals surface area contributed by atoms with Gasteiger partial charge in [-0.15, -0.1) is 0 Å². The summed E-state index contributed by atoms with van der Waals surface area (Å²) in [5.74, 6) is 0.981. The zero-order chi connectivity index (χ0) is 23.9. The van der Waals surface area contributed by atoms with Crippen LogP contribution in [0.25, 0.3) is 11.1 Å². The second kappa shape index (κ2) is 9.00. The molecule has 2 N–H and O–H groups in total. The van der Waals surface area contributed by atoms with E-state index in [-0.39, 0.29) is 29.3 Å². The summed E-state index contributed by atoms with van der Waals surface area (Å²) in [6.07, 6.45) is -2.36. The number of alkyl halides is 3. The number of nitrogens with one attached hydrogen (secondary N) is 1. The van der Waals surface area contributed by atoms with E-state index in [9.17, 15) is 23.1 Å². The molecule has 0 aliphatic carbocycles. The third kappa shape index (κ3) is 4.73. The number of aliphatic hydroxyl groups excluding tert-OH is 1. The maximum atomic E-state index is 13.4. The SMILES string of the molecule is Cc1c(-c2cccc(C(F)(F)F)c2)c(=O)c(C(O)NCc2cn3c(n2)SCC3)cn1C(C)C. The fourth-order valence-electron chi connectivity index (χ4n) is 4.02. The molecule has 2 aromatic heterocycles. The van der Waals surface area contributed by atoms with E-state index in [2.05, 4.69) is 10.3 Å². The van der Waals surface area contributed by atoms with Crippen LogP contribution in [0.15, 0.2) is 46.6 Å². The number of aliphatic hydroxyl groups is 1. The van der Waals surface area contributed by atoms with Crippen molar-refractivity contribution in [1.82, 2.24) is 19.4 Å². The highest BCUT2D eigenvalue weighted by atomic mass is 32.2. The Morgan fingerprint density at radius 1 is 1.27 bits per heavy atom. The molecular weight excluding hydrogens is 453 g/mol. The van der Waals surface area contributed by atoms with Gasteiger partial charge in [-0.3, -0.25) is 10.1 Å². The number of halogens is 3. The molecule has 3 heterocycles. The normalized spacial score (nSPS) is 14.7. The summed E-state index contributed by atoms with van der Waals surface area (Å²) in [6, 6.07) is 4.64. The molecule has 1 aromatic carbocycles. The predicted octanol–water partition coefficient (Wildman–Crippen LogP) is 4.51. The van der Waals surface area contributed by atoms with E-state index in [1.165, 1.54) is 12.1 Å². The summed E-state index contributed by atoms with van der Waals surface area (Å²) in [5.41, 5.74) is 0.321. The van der Waals surface area contributed by atoms with Crippen LogP contribution >= 0.6 is 11.8 Å². The van der Waals surface area contributed by atoms with Gasteiger partial charge in [0.15, 0.2) is 10.6 Å².